The van der Waals surface area contributed by atoms with Crippen molar-refractivity contribution < 1.29 is 4.79 Å². The van der Waals surface area contributed by atoms with Crippen LogP contribution >= 0.6 is 12.4 Å². The van der Waals surface area contributed by atoms with Crippen molar-refractivity contribution in [3.8, 4) is 0 Å². The highest BCUT2D eigenvalue weighted by Crippen LogP contribution is 2.15. The average molecular weight is 277 g/mol. The van der Waals surface area contributed by atoms with Crippen LogP contribution in [0.3, 0.4) is 0 Å². The molecule has 4 heteroatoms. The predicted octanol–water partition coefficient (Wildman–Crippen LogP) is 2.55. The van der Waals surface area contributed by atoms with Crippen molar-refractivity contribution in [1.82, 2.24) is 10.2 Å². The lowest BCUT2D eigenvalue weighted by molar-refractivity contribution is -0.133. The van der Waals surface area contributed by atoms with Crippen molar-refractivity contribution in [2.75, 3.05) is 26.2 Å². The first kappa shape index (κ1) is 17.7. The number of carbonyl (C=O) groups is 1. The third-order valence-electron chi connectivity index (χ3n) is 3.15. The minimum absolute atomic E-state index is 0. The molecular weight excluding hydrogens is 248 g/mol. The van der Waals surface area contributed by atoms with Crippen LogP contribution < -0.4 is 5.32 Å². The van der Waals surface area contributed by atoms with Crippen molar-refractivity contribution in [3.05, 3.63) is 0 Å². The highest BCUT2D eigenvalue weighted by atomic mass is 35.5. The molecule has 1 rings (SSSR count). The molecule has 1 aliphatic heterocycles. The van der Waals surface area contributed by atoms with E-state index in [0.29, 0.717) is 23.7 Å². The summed E-state index contributed by atoms with van der Waals surface area (Å²) in [7, 11) is 0. The summed E-state index contributed by atoms with van der Waals surface area (Å²) in [5, 5.41) is 3.33. The van der Waals surface area contributed by atoms with E-state index >= 15 is 0 Å². The Morgan fingerprint density at radius 1 is 1.22 bits per heavy atom. The first-order valence-electron chi connectivity index (χ1n) is 6.97. The van der Waals surface area contributed by atoms with Crippen molar-refractivity contribution in [2.45, 2.75) is 40.5 Å². The number of nitrogens with zero attached hydrogens (tertiary/aromatic N) is 1. The Balaban J connectivity index is 0.00000289. The highest BCUT2D eigenvalue weighted by Gasteiger charge is 2.22. The summed E-state index contributed by atoms with van der Waals surface area (Å²) < 4.78 is 0. The molecule has 0 aliphatic carbocycles. The van der Waals surface area contributed by atoms with Gasteiger partial charge in [0.05, 0.1) is 0 Å². The van der Waals surface area contributed by atoms with Crippen LogP contribution in [0.25, 0.3) is 0 Å². The van der Waals surface area contributed by atoms with E-state index in [9.17, 15) is 4.79 Å². The van der Waals surface area contributed by atoms with Crippen LogP contribution in [0.2, 0.25) is 0 Å². The van der Waals surface area contributed by atoms with E-state index in [0.717, 1.165) is 39.0 Å². The quantitative estimate of drug-likeness (QED) is 0.809. The molecule has 0 bridgehead atoms. The van der Waals surface area contributed by atoms with Gasteiger partial charge in [0, 0.05) is 19.5 Å². The normalized spacial score (nSPS) is 19.1. The SMILES string of the molecule is CC(C)CN(CC(C)C)C(=O)CC1CCNC1.Cl. The highest BCUT2D eigenvalue weighted by molar-refractivity contribution is 5.85. The molecule has 1 heterocycles. The Kier molecular flexibility index (Phi) is 8.62. The standard InChI is InChI=1S/C14H28N2O.ClH/c1-11(2)9-16(10-12(3)4)14(17)7-13-5-6-15-8-13;/h11-13,15H,5-10H2,1-4H3;1H. The molecule has 1 amide bonds. The van der Waals surface area contributed by atoms with Gasteiger partial charge in [-0.15, -0.1) is 12.4 Å². The molecule has 0 aromatic heterocycles. The molecule has 0 aromatic rings. The van der Waals surface area contributed by atoms with Gasteiger partial charge < -0.3 is 10.2 Å². The van der Waals surface area contributed by atoms with E-state index in [1.54, 1.807) is 0 Å². The van der Waals surface area contributed by atoms with Gasteiger partial charge in [0.2, 0.25) is 5.91 Å². The molecule has 18 heavy (non-hydrogen) atoms. The van der Waals surface area contributed by atoms with Gasteiger partial charge >= 0.3 is 0 Å². The Morgan fingerprint density at radius 3 is 2.17 bits per heavy atom. The minimum Gasteiger partial charge on any atom is -0.342 e. The van der Waals surface area contributed by atoms with Crippen LogP contribution in [0, 0.1) is 17.8 Å². The zero-order valence-electron chi connectivity index (χ0n) is 12.2. The molecule has 0 saturated carbocycles. The Bertz CT molecular complexity index is 228. The fourth-order valence-corrected chi connectivity index (χ4v) is 2.42. The molecule has 1 unspecified atom stereocenters. The Hall–Kier alpha value is -0.280. The summed E-state index contributed by atoms with van der Waals surface area (Å²) in [5.41, 5.74) is 0. The summed E-state index contributed by atoms with van der Waals surface area (Å²) in [6.45, 7) is 12.6. The fourth-order valence-electron chi connectivity index (χ4n) is 2.42. The lowest BCUT2D eigenvalue weighted by Gasteiger charge is -2.27. The van der Waals surface area contributed by atoms with Gasteiger partial charge in [-0.3, -0.25) is 4.79 Å². The molecule has 0 radical (unpaired) electrons. The second-order valence-electron chi connectivity index (χ2n) is 6.15. The molecule has 0 spiro atoms. The molecule has 108 valence electrons. The molecule has 1 N–H and O–H groups in total. The first-order chi connectivity index (χ1) is 7.99. The molecular formula is C14H29ClN2O. The van der Waals surface area contributed by atoms with E-state index in [4.69, 9.17) is 0 Å². The van der Waals surface area contributed by atoms with Gasteiger partial charge in [-0.2, -0.15) is 0 Å². The summed E-state index contributed by atoms with van der Waals surface area (Å²) in [4.78, 5) is 14.3. The summed E-state index contributed by atoms with van der Waals surface area (Å²) in [5.74, 6) is 2.02. The maximum absolute atomic E-state index is 12.3. The number of halogens is 1. The topological polar surface area (TPSA) is 32.3 Å². The summed E-state index contributed by atoms with van der Waals surface area (Å²) >= 11 is 0. The number of carbonyl (C=O) groups excluding carboxylic acids is 1. The maximum Gasteiger partial charge on any atom is 0.222 e. The lowest BCUT2D eigenvalue weighted by atomic mass is 10.0. The number of hydrogen-bond donors (Lipinski definition) is 1. The Morgan fingerprint density at radius 2 is 1.78 bits per heavy atom. The van der Waals surface area contributed by atoms with Gasteiger partial charge in [0.25, 0.3) is 0 Å². The fraction of sp³-hybridized carbons (Fsp3) is 0.929. The zero-order chi connectivity index (χ0) is 12.8. The van der Waals surface area contributed by atoms with Crippen LogP contribution in [0.5, 0.6) is 0 Å². The maximum atomic E-state index is 12.3. The van der Waals surface area contributed by atoms with Crippen molar-refractivity contribution >= 4 is 18.3 Å². The molecule has 1 saturated heterocycles. The van der Waals surface area contributed by atoms with Gasteiger partial charge in [0.1, 0.15) is 0 Å². The van der Waals surface area contributed by atoms with Crippen LogP contribution in [0.1, 0.15) is 40.5 Å². The van der Waals surface area contributed by atoms with Crippen molar-refractivity contribution in [1.29, 1.82) is 0 Å². The molecule has 1 atom stereocenters. The predicted molar refractivity (Wildman–Crippen MR) is 79.1 cm³/mol. The molecule has 0 aromatic carbocycles. The molecule has 1 aliphatic rings. The van der Waals surface area contributed by atoms with E-state index in [-0.39, 0.29) is 12.4 Å². The van der Waals surface area contributed by atoms with Crippen LogP contribution in [-0.4, -0.2) is 37.0 Å². The van der Waals surface area contributed by atoms with E-state index < -0.39 is 0 Å². The summed E-state index contributed by atoms with van der Waals surface area (Å²) in [6, 6.07) is 0. The Labute approximate surface area is 118 Å². The van der Waals surface area contributed by atoms with Gasteiger partial charge in [-0.1, -0.05) is 27.7 Å². The van der Waals surface area contributed by atoms with Crippen LogP contribution in [0.4, 0.5) is 0 Å². The van der Waals surface area contributed by atoms with Crippen molar-refractivity contribution in [3.63, 3.8) is 0 Å². The van der Waals surface area contributed by atoms with Gasteiger partial charge in [-0.05, 0) is 37.3 Å². The summed E-state index contributed by atoms with van der Waals surface area (Å²) in [6.07, 6.45) is 1.88. The molecule has 1 fully saturated rings. The van der Waals surface area contributed by atoms with Crippen LogP contribution in [0.15, 0.2) is 0 Å². The van der Waals surface area contributed by atoms with Gasteiger partial charge in [-0.25, -0.2) is 0 Å². The minimum atomic E-state index is 0. The number of amides is 1. The number of rotatable bonds is 6. The number of hydrogen-bond acceptors (Lipinski definition) is 2. The van der Waals surface area contributed by atoms with Crippen molar-refractivity contribution in [2.24, 2.45) is 17.8 Å². The second kappa shape index (κ2) is 8.76. The first-order valence-corrected chi connectivity index (χ1v) is 6.97. The molecule has 3 nitrogen and oxygen atoms in total. The van der Waals surface area contributed by atoms with Gasteiger partial charge in [0.15, 0.2) is 0 Å². The monoisotopic (exact) mass is 276 g/mol. The van der Waals surface area contributed by atoms with E-state index in [1.165, 1.54) is 0 Å². The lowest BCUT2D eigenvalue weighted by Crippen LogP contribution is -2.38. The third kappa shape index (κ3) is 6.60. The number of nitrogens with one attached hydrogen (secondary N) is 1. The second-order valence-corrected chi connectivity index (χ2v) is 6.15. The zero-order valence-corrected chi connectivity index (χ0v) is 13.1. The smallest absolute Gasteiger partial charge is 0.222 e. The largest absolute Gasteiger partial charge is 0.342 e. The van der Waals surface area contributed by atoms with Crippen LogP contribution in [-0.2, 0) is 4.79 Å². The average Bonchev–Trinajstić information content (AvgIpc) is 2.67. The third-order valence-corrected chi connectivity index (χ3v) is 3.15. The van der Waals surface area contributed by atoms with E-state index in [1.807, 2.05) is 0 Å². The van der Waals surface area contributed by atoms with E-state index in [2.05, 4.69) is 37.9 Å².